The Balaban J connectivity index is 2.30. The van der Waals surface area contributed by atoms with Gasteiger partial charge in [0.05, 0.1) is 5.69 Å². The summed E-state index contributed by atoms with van der Waals surface area (Å²) in [6, 6.07) is 9.22. The highest BCUT2D eigenvalue weighted by Crippen LogP contribution is 2.19. The van der Waals surface area contributed by atoms with Gasteiger partial charge in [-0.2, -0.15) is 5.11 Å². The highest BCUT2D eigenvalue weighted by atomic mass is 16.1. The minimum Gasteiger partial charge on any atom is -0.372 e. The fourth-order valence-electron chi connectivity index (χ4n) is 1.23. The summed E-state index contributed by atoms with van der Waals surface area (Å²) in [4.78, 5) is 11.3. The van der Waals surface area contributed by atoms with Crippen molar-refractivity contribution < 1.29 is 0 Å². The zero-order valence-corrected chi connectivity index (χ0v) is 8.69. The van der Waals surface area contributed by atoms with Crippen molar-refractivity contribution in [3.05, 3.63) is 40.7 Å². The maximum Gasteiger partial charge on any atom is 0.293 e. The van der Waals surface area contributed by atoms with Crippen LogP contribution in [0.3, 0.4) is 0 Å². The molecular weight excluding hydrogens is 206 g/mol. The van der Waals surface area contributed by atoms with Gasteiger partial charge >= 0.3 is 0 Å². The molecule has 0 bridgehead atoms. The van der Waals surface area contributed by atoms with Crippen LogP contribution in [0.15, 0.2) is 45.4 Å². The van der Waals surface area contributed by atoms with Crippen LogP contribution in [0.4, 0.5) is 17.2 Å². The Hall–Kier alpha value is -2.37. The van der Waals surface area contributed by atoms with E-state index < -0.39 is 0 Å². The lowest BCUT2D eigenvalue weighted by Gasteiger charge is -1.93. The van der Waals surface area contributed by atoms with Crippen LogP contribution in [0.5, 0.6) is 0 Å². The first kappa shape index (κ1) is 10.2. The molecule has 1 heterocycles. The molecular formula is C10H11N5O. The van der Waals surface area contributed by atoms with Crippen LogP contribution in [0, 0.1) is 0 Å². The van der Waals surface area contributed by atoms with Crippen molar-refractivity contribution in [3.63, 3.8) is 0 Å². The highest BCUT2D eigenvalue weighted by Gasteiger charge is 2.06. The van der Waals surface area contributed by atoms with E-state index in [1.54, 1.807) is 7.05 Å². The Kier molecular flexibility index (Phi) is 2.81. The van der Waals surface area contributed by atoms with E-state index in [1.165, 1.54) is 0 Å². The fourth-order valence-corrected chi connectivity index (χ4v) is 1.23. The average molecular weight is 217 g/mol. The van der Waals surface area contributed by atoms with Crippen LogP contribution < -0.4 is 10.9 Å². The molecule has 0 aliphatic heterocycles. The first-order valence-corrected chi connectivity index (χ1v) is 4.76. The number of hydrogen-bond acceptors (Lipinski definition) is 4. The Morgan fingerprint density at radius 3 is 2.56 bits per heavy atom. The van der Waals surface area contributed by atoms with Crippen molar-refractivity contribution in [2.24, 2.45) is 10.2 Å². The molecule has 82 valence electrons. The molecule has 0 saturated heterocycles. The van der Waals surface area contributed by atoms with Gasteiger partial charge in [0.15, 0.2) is 11.5 Å². The summed E-state index contributed by atoms with van der Waals surface area (Å²) in [5.41, 5.74) is 0.639. The van der Waals surface area contributed by atoms with Crippen molar-refractivity contribution in [3.8, 4) is 0 Å². The van der Waals surface area contributed by atoms with Crippen LogP contribution in [0.25, 0.3) is 0 Å². The number of azo groups is 1. The number of benzene rings is 1. The normalized spacial score (nSPS) is 10.8. The monoisotopic (exact) mass is 217 g/mol. The quantitative estimate of drug-likeness (QED) is 0.688. The largest absolute Gasteiger partial charge is 0.372 e. The Morgan fingerprint density at radius 2 is 1.88 bits per heavy atom. The third-order valence-electron chi connectivity index (χ3n) is 2.02. The second-order valence-electron chi connectivity index (χ2n) is 3.09. The summed E-state index contributed by atoms with van der Waals surface area (Å²) in [7, 11) is 1.70. The number of H-pyrrole nitrogens is 2. The van der Waals surface area contributed by atoms with Gasteiger partial charge in [-0.3, -0.25) is 15.0 Å². The third-order valence-corrected chi connectivity index (χ3v) is 2.02. The summed E-state index contributed by atoms with van der Waals surface area (Å²) in [6.07, 6.45) is 0. The molecule has 6 nitrogen and oxygen atoms in total. The number of hydrogen-bond donors (Lipinski definition) is 3. The Bertz CT molecular complexity index is 540. The molecule has 0 fully saturated rings. The van der Waals surface area contributed by atoms with E-state index in [-0.39, 0.29) is 11.2 Å². The van der Waals surface area contributed by atoms with E-state index >= 15 is 0 Å². The van der Waals surface area contributed by atoms with Gasteiger partial charge in [0.1, 0.15) is 0 Å². The van der Waals surface area contributed by atoms with Gasteiger partial charge in [0, 0.05) is 7.05 Å². The maximum atomic E-state index is 11.3. The summed E-state index contributed by atoms with van der Waals surface area (Å²) < 4.78 is 0. The molecule has 0 amide bonds. The van der Waals surface area contributed by atoms with Crippen LogP contribution >= 0.6 is 0 Å². The van der Waals surface area contributed by atoms with E-state index in [9.17, 15) is 4.79 Å². The SMILES string of the molecule is CNc1[nH][nH]c(=O)c1N=Nc1ccccc1. The predicted molar refractivity (Wildman–Crippen MR) is 61.6 cm³/mol. The maximum absolute atomic E-state index is 11.3. The van der Waals surface area contributed by atoms with E-state index in [1.807, 2.05) is 30.3 Å². The van der Waals surface area contributed by atoms with Gasteiger partial charge in [0.25, 0.3) is 5.56 Å². The first-order valence-electron chi connectivity index (χ1n) is 4.76. The van der Waals surface area contributed by atoms with Crippen LogP contribution in [0.1, 0.15) is 0 Å². The standard InChI is InChI=1S/C10H11N5O/c1-11-9-8(10(16)15-14-9)13-12-7-5-3-2-4-6-7/h2-6H,1H3,(H3,11,14,15,16). The first-order chi connectivity index (χ1) is 7.81. The molecule has 0 unspecified atom stereocenters. The van der Waals surface area contributed by atoms with Gasteiger partial charge in [-0.1, -0.05) is 18.2 Å². The summed E-state index contributed by atoms with van der Waals surface area (Å²) >= 11 is 0. The predicted octanol–water partition coefficient (Wildman–Crippen LogP) is 2.16. The Morgan fingerprint density at radius 1 is 1.12 bits per heavy atom. The Labute approximate surface area is 91.4 Å². The van der Waals surface area contributed by atoms with E-state index in [2.05, 4.69) is 25.7 Å². The topological polar surface area (TPSA) is 85.4 Å². The van der Waals surface area contributed by atoms with E-state index in [0.717, 1.165) is 0 Å². The molecule has 0 atom stereocenters. The van der Waals surface area contributed by atoms with Gasteiger partial charge < -0.3 is 5.32 Å². The van der Waals surface area contributed by atoms with Crippen molar-refractivity contribution in [1.82, 2.24) is 10.2 Å². The van der Waals surface area contributed by atoms with Gasteiger partial charge in [-0.05, 0) is 12.1 Å². The molecule has 6 heteroatoms. The van der Waals surface area contributed by atoms with Crippen molar-refractivity contribution in [1.29, 1.82) is 0 Å². The lowest BCUT2D eigenvalue weighted by Crippen LogP contribution is -1.96. The van der Waals surface area contributed by atoms with Crippen LogP contribution in [-0.4, -0.2) is 17.2 Å². The lowest BCUT2D eigenvalue weighted by atomic mass is 10.3. The molecule has 16 heavy (non-hydrogen) atoms. The minimum absolute atomic E-state index is 0.242. The summed E-state index contributed by atoms with van der Waals surface area (Å²) in [6.45, 7) is 0. The molecule has 1 aromatic heterocycles. The van der Waals surface area contributed by atoms with Crippen LogP contribution in [-0.2, 0) is 0 Å². The van der Waals surface area contributed by atoms with Crippen molar-refractivity contribution in [2.45, 2.75) is 0 Å². The van der Waals surface area contributed by atoms with Gasteiger partial charge in [-0.25, -0.2) is 0 Å². The molecule has 0 saturated carbocycles. The fraction of sp³-hybridized carbons (Fsp3) is 0.100. The third kappa shape index (κ3) is 2.00. The molecule has 3 N–H and O–H groups in total. The van der Waals surface area contributed by atoms with Crippen molar-refractivity contribution in [2.75, 3.05) is 12.4 Å². The van der Waals surface area contributed by atoms with E-state index in [4.69, 9.17) is 0 Å². The highest BCUT2D eigenvalue weighted by molar-refractivity contribution is 5.58. The molecule has 0 radical (unpaired) electrons. The molecule has 0 aliphatic carbocycles. The average Bonchev–Trinajstić information content (AvgIpc) is 2.69. The number of nitrogens with zero attached hydrogens (tertiary/aromatic N) is 2. The number of aromatic amines is 2. The molecule has 2 rings (SSSR count). The number of nitrogens with one attached hydrogen (secondary N) is 3. The number of anilines is 1. The summed E-state index contributed by atoms with van der Waals surface area (Å²) in [5.74, 6) is 0.518. The number of aromatic nitrogens is 2. The van der Waals surface area contributed by atoms with Crippen LogP contribution in [0.2, 0.25) is 0 Å². The minimum atomic E-state index is -0.302. The zero-order chi connectivity index (χ0) is 11.4. The second-order valence-corrected chi connectivity index (χ2v) is 3.09. The molecule has 2 aromatic rings. The second kappa shape index (κ2) is 4.43. The lowest BCUT2D eigenvalue weighted by molar-refractivity contribution is 1.05. The number of rotatable bonds is 3. The van der Waals surface area contributed by atoms with E-state index in [0.29, 0.717) is 11.5 Å². The summed E-state index contributed by atoms with van der Waals surface area (Å²) in [5, 5.41) is 15.8. The smallest absolute Gasteiger partial charge is 0.293 e. The molecule has 0 spiro atoms. The molecule has 0 aliphatic rings. The molecule has 1 aromatic carbocycles. The van der Waals surface area contributed by atoms with Crippen molar-refractivity contribution >= 4 is 17.2 Å². The zero-order valence-electron chi connectivity index (χ0n) is 8.69. The van der Waals surface area contributed by atoms with Gasteiger partial charge in [0.2, 0.25) is 0 Å². The van der Waals surface area contributed by atoms with Gasteiger partial charge in [-0.15, -0.1) is 5.11 Å².